The zero-order valence-corrected chi connectivity index (χ0v) is 11.9. The molecule has 0 aliphatic carbocycles. The monoisotopic (exact) mass is 253 g/mol. The summed E-state index contributed by atoms with van der Waals surface area (Å²) >= 11 is 1.89. The summed E-state index contributed by atoms with van der Waals surface area (Å²) in [5.74, 6) is 0. The minimum Gasteiger partial charge on any atom is -0.376 e. The fraction of sp³-hybridized carbons (Fsp3) is 0.714. The lowest BCUT2D eigenvalue weighted by Crippen LogP contribution is -2.32. The highest BCUT2D eigenvalue weighted by Gasteiger charge is 2.28. The van der Waals surface area contributed by atoms with Crippen molar-refractivity contribution in [3.63, 3.8) is 0 Å². The van der Waals surface area contributed by atoms with Gasteiger partial charge in [0.05, 0.1) is 12.1 Å². The Kier molecular flexibility index (Phi) is 4.60. The fourth-order valence-corrected chi connectivity index (χ4v) is 3.54. The summed E-state index contributed by atoms with van der Waals surface area (Å²) in [6, 6.07) is 2.72. The van der Waals surface area contributed by atoms with Crippen molar-refractivity contribution in [2.24, 2.45) is 0 Å². The molecule has 2 nitrogen and oxygen atoms in total. The van der Waals surface area contributed by atoms with Gasteiger partial charge in [0, 0.05) is 16.4 Å². The van der Waals surface area contributed by atoms with Crippen LogP contribution in [-0.2, 0) is 4.74 Å². The lowest BCUT2D eigenvalue weighted by Gasteiger charge is -2.24. The molecule has 1 aromatic heterocycles. The third kappa shape index (κ3) is 3.09. The van der Waals surface area contributed by atoms with E-state index < -0.39 is 0 Å². The van der Waals surface area contributed by atoms with Crippen LogP contribution >= 0.6 is 11.3 Å². The predicted molar refractivity (Wildman–Crippen MR) is 73.8 cm³/mol. The summed E-state index contributed by atoms with van der Waals surface area (Å²) in [7, 11) is 0. The van der Waals surface area contributed by atoms with Crippen LogP contribution in [0, 0.1) is 13.8 Å². The standard InChI is InChI=1S/C14H23NOS/c1-4-7-15-14(13-6-5-8-16-13)12-9-10(2)17-11(12)3/h9,13-15H,4-8H2,1-3H3. The Morgan fingerprint density at radius 1 is 1.53 bits per heavy atom. The van der Waals surface area contributed by atoms with Gasteiger partial charge in [0.1, 0.15) is 0 Å². The van der Waals surface area contributed by atoms with Crippen LogP contribution in [0.1, 0.15) is 47.5 Å². The molecule has 1 aromatic rings. The lowest BCUT2D eigenvalue weighted by atomic mass is 9.99. The molecule has 0 amide bonds. The molecular formula is C14H23NOS. The summed E-state index contributed by atoms with van der Waals surface area (Å²) in [6.07, 6.45) is 3.94. The zero-order chi connectivity index (χ0) is 12.3. The Morgan fingerprint density at radius 2 is 2.35 bits per heavy atom. The van der Waals surface area contributed by atoms with Crippen molar-refractivity contribution in [1.29, 1.82) is 0 Å². The second-order valence-corrected chi connectivity index (χ2v) is 6.31. The van der Waals surface area contributed by atoms with Crippen molar-refractivity contribution in [1.82, 2.24) is 5.32 Å². The van der Waals surface area contributed by atoms with E-state index in [1.54, 1.807) is 0 Å². The number of hydrogen-bond acceptors (Lipinski definition) is 3. The van der Waals surface area contributed by atoms with Crippen LogP contribution in [0.4, 0.5) is 0 Å². The van der Waals surface area contributed by atoms with Gasteiger partial charge in [-0.3, -0.25) is 0 Å². The highest BCUT2D eigenvalue weighted by atomic mass is 32.1. The van der Waals surface area contributed by atoms with Crippen LogP contribution in [0.3, 0.4) is 0 Å². The number of aryl methyl sites for hydroxylation is 2. The zero-order valence-electron chi connectivity index (χ0n) is 11.1. The normalized spacial score (nSPS) is 21.9. The van der Waals surface area contributed by atoms with Crippen molar-refractivity contribution in [3.05, 3.63) is 21.4 Å². The SMILES string of the molecule is CCCNC(c1cc(C)sc1C)C1CCCO1. The van der Waals surface area contributed by atoms with Crippen LogP contribution in [-0.4, -0.2) is 19.3 Å². The van der Waals surface area contributed by atoms with Gasteiger partial charge in [-0.25, -0.2) is 0 Å². The van der Waals surface area contributed by atoms with Crippen LogP contribution in [0.5, 0.6) is 0 Å². The maximum atomic E-state index is 5.87. The molecule has 0 spiro atoms. The van der Waals surface area contributed by atoms with Crippen molar-refractivity contribution in [2.45, 2.75) is 52.2 Å². The van der Waals surface area contributed by atoms with E-state index in [9.17, 15) is 0 Å². The maximum absolute atomic E-state index is 5.87. The lowest BCUT2D eigenvalue weighted by molar-refractivity contribution is 0.0782. The van der Waals surface area contributed by atoms with E-state index in [1.165, 1.54) is 34.6 Å². The summed E-state index contributed by atoms with van der Waals surface area (Å²) in [5, 5.41) is 3.66. The molecule has 96 valence electrons. The third-order valence-electron chi connectivity index (χ3n) is 3.37. The highest BCUT2D eigenvalue weighted by molar-refractivity contribution is 7.12. The van der Waals surface area contributed by atoms with Gasteiger partial charge >= 0.3 is 0 Å². The Bertz CT molecular complexity index is 355. The van der Waals surface area contributed by atoms with Crippen molar-refractivity contribution < 1.29 is 4.74 Å². The predicted octanol–water partition coefficient (Wildman–Crippen LogP) is 3.58. The van der Waals surface area contributed by atoms with Gasteiger partial charge in [0.2, 0.25) is 0 Å². The second kappa shape index (κ2) is 5.98. The van der Waals surface area contributed by atoms with E-state index in [0.29, 0.717) is 12.1 Å². The molecule has 0 radical (unpaired) electrons. The Morgan fingerprint density at radius 3 is 2.88 bits per heavy atom. The van der Waals surface area contributed by atoms with E-state index in [0.717, 1.165) is 13.2 Å². The molecule has 1 aliphatic heterocycles. The summed E-state index contributed by atoms with van der Waals surface area (Å²) in [4.78, 5) is 2.84. The molecule has 3 heteroatoms. The van der Waals surface area contributed by atoms with E-state index >= 15 is 0 Å². The van der Waals surface area contributed by atoms with Crippen LogP contribution in [0.2, 0.25) is 0 Å². The molecule has 1 aliphatic rings. The average Bonchev–Trinajstić information content (AvgIpc) is 2.90. The molecule has 2 heterocycles. The first kappa shape index (κ1) is 13.1. The van der Waals surface area contributed by atoms with E-state index in [4.69, 9.17) is 4.74 Å². The molecule has 1 fully saturated rings. The smallest absolute Gasteiger partial charge is 0.0770 e. The third-order valence-corrected chi connectivity index (χ3v) is 4.35. The minimum absolute atomic E-state index is 0.370. The maximum Gasteiger partial charge on any atom is 0.0770 e. The van der Waals surface area contributed by atoms with Crippen LogP contribution in [0.25, 0.3) is 0 Å². The second-order valence-electron chi connectivity index (χ2n) is 4.85. The molecule has 1 N–H and O–H groups in total. The molecule has 2 atom stereocenters. The summed E-state index contributed by atoms with van der Waals surface area (Å²) in [6.45, 7) is 8.62. The number of rotatable bonds is 5. The first-order valence-electron chi connectivity index (χ1n) is 6.64. The number of ether oxygens (including phenoxy) is 1. The summed E-state index contributed by atoms with van der Waals surface area (Å²) < 4.78 is 5.87. The Labute approximate surface area is 108 Å². The Balaban J connectivity index is 2.16. The van der Waals surface area contributed by atoms with Gasteiger partial charge in [-0.15, -0.1) is 11.3 Å². The van der Waals surface area contributed by atoms with Crippen LogP contribution in [0.15, 0.2) is 6.07 Å². The fourth-order valence-electron chi connectivity index (χ4n) is 2.57. The molecule has 2 unspecified atom stereocenters. The molecule has 17 heavy (non-hydrogen) atoms. The van der Waals surface area contributed by atoms with E-state index in [2.05, 4.69) is 32.2 Å². The molecule has 1 saturated heterocycles. The topological polar surface area (TPSA) is 21.3 Å². The van der Waals surface area contributed by atoms with Gasteiger partial charge < -0.3 is 10.1 Å². The van der Waals surface area contributed by atoms with Crippen LogP contribution < -0.4 is 5.32 Å². The first-order valence-corrected chi connectivity index (χ1v) is 7.46. The van der Waals surface area contributed by atoms with Crippen molar-refractivity contribution >= 4 is 11.3 Å². The van der Waals surface area contributed by atoms with Gasteiger partial charge in [0.15, 0.2) is 0 Å². The first-order chi connectivity index (χ1) is 8.22. The van der Waals surface area contributed by atoms with Gasteiger partial charge in [-0.05, 0) is 51.3 Å². The van der Waals surface area contributed by atoms with Gasteiger partial charge in [-0.1, -0.05) is 6.92 Å². The summed E-state index contributed by atoms with van der Waals surface area (Å²) in [5.41, 5.74) is 1.45. The molecule has 0 aromatic carbocycles. The number of thiophene rings is 1. The van der Waals surface area contributed by atoms with Gasteiger partial charge in [-0.2, -0.15) is 0 Å². The number of hydrogen-bond donors (Lipinski definition) is 1. The highest BCUT2D eigenvalue weighted by Crippen LogP contribution is 2.32. The quantitative estimate of drug-likeness (QED) is 0.866. The Hall–Kier alpha value is -0.380. The van der Waals surface area contributed by atoms with Gasteiger partial charge in [0.25, 0.3) is 0 Å². The largest absolute Gasteiger partial charge is 0.376 e. The van der Waals surface area contributed by atoms with Crippen molar-refractivity contribution in [2.75, 3.05) is 13.2 Å². The average molecular weight is 253 g/mol. The van der Waals surface area contributed by atoms with Crippen molar-refractivity contribution in [3.8, 4) is 0 Å². The number of nitrogens with one attached hydrogen (secondary N) is 1. The van der Waals surface area contributed by atoms with E-state index in [1.807, 2.05) is 11.3 Å². The minimum atomic E-state index is 0.370. The van der Waals surface area contributed by atoms with E-state index in [-0.39, 0.29) is 0 Å². The molecular weight excluding hydrogens is 230 g/mol. The molecule has 2 rings (SSSR count). The molecule has 0 bridgehead atoms. The molecule has 0 saturated carbocycles.